The molecule has 1 rings (SSSR count). The smallest absolute Gasteiger partial charge is 0.134 e. The molecule has 0 unspecified atom stereocenters. The molecule has 0 aliphatic carbocycles. The summed E-state index contributed by atoms with van der Waals surface area (Å²) in [6.45, 7) is 0.588. The lowest BCUT2D eigenvalue weighted by molar-refractivity contribution is 0.472. The van der Waals surface area contributed by atoms with Crippen molar-refractivity contribution in [1.29, 1.82) is 0 Å². The first-order valence-corrected chi connectivity index (χ1v) is 3.16. The molecular weight excluding hydrogens is 164 g/mol. The maximum Gasteiger partial charge on any atom is 0.134 e. The van der Waals surface area contributed by atoms with Crippen molar-refractivity contribution < 1.29 is 5.11 Å². The molecule has 3 nitrogen and oxygen atoms in total. The molecule has 1 aromatic rings. The van der Waals surface area contributed by atoms with Crippen LogP contribution in [0.4, 0.5) is 0 Å². The fourth-order valence-electron chi connectivity index (χ4n) is 0.777. The Morgan fingerprint density at radius 1 is 1.45 bits per heavy atom. The SMILES string of the molecule is Cl.NCCc1cncc(O)c1. The zero-order valence-electron chi connectivity index (χ0n) is 6.03. The van der Waals surface area contributed by atoms with Crippen molar-refractivity contribution in [1.82, 2.24) is 4.98 Å². The van der Waals surface area contributed by atoms with E-state index in [-0.39, 0.29) is 18.2 Å². The van der Waals surface area contributed by atoms with E-state index in [1.54, 1.807) is 12.3 Å². The van der Waals surface area contributed by atoms with Gasteiger partial charge in [0.15, 0.2) is 0 Å². The first-order chi connectivity index (χ1) is 4.83. The van der Waals surface area contributed by atoms with Crippen LogP contribution < -0.4 is 5.73 Å². The van der Waals surface area contributed by atoms with Gasteiger partial charge in [-0.05, 0) is 24.6 Å². The van der Waals surface area contributed by atoms with Crippen LogP contribution in [0.3, 0.4) is 0 Å². The molecule has 3 N–H and O–H groups in total. The van der Waals surface area contributed by atoms with Crippen LogP contribution in [0.5, 0.6) is 5.75 Å². The summed E-state index contributed by atoms with van der Waals surface area (Å²) in [5.74, 6) is 0.200. The lowest BCUT2D eigenvalue weighted by Crippen LogP contribution is -2.02. The second-order valence-corrected chi connectivity index (χ2v) is 2.09. The van der Waals surface area contributed by atoms with Crippen LogP contribution in [0.2, 0.25) is 0 Å². The Balaban J connectivity index is 0.000001000. The number of hydrogen-bond acceptors (Lipinski definition) is 3. The van der Waals surface area contributed by atoms with Gasteiger partial charge in [-0.1, -0.05) is 0 Å². The normalized spacial score (nSPS) is 8.82. The highest BCUT2D eigenvalue weighted by molar-refractivity contribution is 5.85. The Hall–Kier alpha value is -0.800. The maximum absolute atomic E-state index is 8.94. The van der Waals surface area contributed by atoms with Crippen LogP contribution >= 0.6 is 12.4 Å². The second kappa shape index (κ2) is 4.93. The topological polar surface area (TPSA) is 59.1 Å². The van der Waals surface area contributed by atoms with E-state index in [4.69, 9.17) is 10.8 Å². The highest BCUT2D eigenvalue weighted by Crippen LogP contribution is 2.07. The third kappa shape index (κ3) is 3.20. The number of aromatic hydroxyl groups is 1. The molecule has 0 atom stereocenters. The highest BCUT2D eigenvalue weighted by atomic mass is 35.5. The van der Waals surface area contributed by atoms with Crippen molar-refractivity contribution in [2.75, 3.05) is 6.54 Å². The van der Waals surface area contributed by atoms with E-state index in [9.17, 15) is 0 Å². The zero-order chi connectivity index (χ0) is 7.40. The molecule has 1 aromatic heterocycles. The zero-order valence-corrected chi connectivity index (χ0v) is 6.84. The number of aromatic nitrogens is 1. The Morgan fingerprint density at radius 2 is 2.18 bits per heavy atom. The maximum atomic E-state index is 8.94. The summed E-state index contributed by atoms with van der Waals surface area (Å²) >= 11 is 0. The summed E-state index contributed by atoms with van der Waals surface area (Å²) in [5, 5.41) is 8.94. The number of hydrogen-bond donors (Lipinski definition) is 2. The Morgan fingerprint density at radius 3 is 2.73 bits per heavy atom. The van der Waals surface area contributed by atoms with Crippen molar-refractivity contribution >= 4 is 12.4 Å². The number of nitrogens with zero attached hydrogens (tertiary/aromatic N) is 1. The predicted octanol–water partition coefficient (Wildman–Crippen LogP) is 0.710. The van der Waals surface area contributed by atoms with Crippen LogP contribution in [0.15, 0.2) is 18.5 Å². The quantitative estimate of drug-likeness (QED) is 0.695. The molecule has 0 amide bonds. The minimum atomic E-state index is 0. The number of pyridine rings is 1. The lowest BCUT2D eigenvalue weighted by atomic mass is 10.2. The lowest BCUT2D eigenvalue weighted by Gasteiger charge is -1.96. The van der Waals surface area contributed by atoms with Crippen molar-refractivity contribution in [3.05, 3.63) is 24.0 Å². The highest BCUT2D eigenvalue weighted by Gasteiger charge is 1.91. The van der Waals surface area contributed by atoms with Crippen LogP contribution in [-0.4, -0.2) is 16.6 Å². The molecule has 0 saturated carbocycles. The van der Waals surface area contributed by atoms with Crippen molar-refractivity contribution in [3.63, 3.8) is 0 Å². The fraction of sp³-hybridized carbons (Fsp3) is 0.286. The molecular formula is C7H11ClN2O. The molecule has 0 aromatic carbocycles. The van der Waals surface area contributed by atoms with Crippen LogP contribution in [0.25, 0.3) is 0 Å². The van der Waals surface area contributed by atoms with E-state index in [0.717, 1.165) is 12.0 Å². The molecule has 1 heterocycles. The van der Waals surface area contributed by atoms with E-state index < -0.39 is 0 Å². The van der Waals surface area contributed by atoms with Crippen molar-refractivity contribution in [2.45, 2.75) is 6.42 Å². The summed E-state index contributed by atoms with van der Waals surface area (Å²) in [5.41, 5.74) is 6.28. The molecule has 0 saturated heterocycles. The molecule has 4 heteroatoms. The average Bonchev–Trinajstić information content (AvgIpc) is 1.88. The van der Waals surface area contributed by atoms with Crippen LogP contribution in [0.1, 0.15) is 5.56 Å². The van der Waals surface area contributed by atoms with Gasteiger partial charge in [0, 0.05) is 6.20 Å². The van der Waals surface area contributed by atoms with E-state index in [1.807, 2.05) is 0 Å². The molecule has 11 heavy (non-hydrogen) atoms. The standard InChI is InChI=1S/C7H10N2O.ClH/c8-2-1-6-3-7(10)5-9-4-6;/h3-5,10H,1-2,8H2;1H. The van der Waals surface area contributed by atoms with Crippen LogP contribution in [0, 0.1) is 0 Å². The largest absolute Gasteiger partial charge is 0.506 e. The first kappa shape index (κ1) is 10.2. The Labute approximate surface area is 71.7 Å². The summed E-state index contributed by atoms with van der Waals surface area (Å²) in [6, 6.07) is 1.67. The summed E-state index contributed by atoms with van der Waals surface area (Å²) in [4.78, 5) is 3.80. The molecule has 0 fully saturated rings. The third-order valence-corrected chi connectivity index (χ3v) is 1.21. The van der Waals surface area contributed by atoms with Gasteiger partial charge >= 0.3 is 0 Å². The fourth-order valence-corrected chi connectivity index (χ4v) is 0.777. The van der Waals surface area contributed by atoms with Gasteiger partial charge in [0.05, 0.1) is 6.20 Å². The van der Waals surface area contributed by atoms with Gasteiger partial charge in [-0.25, -0.2) is 0 Å². The van der Waals surface area contributed by atoms with Gasteiger partial charge < -0.3 is 10.8 Å². The van der Waals surface area contributed by atoms with E-state index in [1.165, 1.54) is 6.20 Å². The molecule has 62 valence electrons. The minimum absolute atomic E-state index is 0. The molecule has 0 bridgehead atoms. The summed E-state index contributed by atoms with van der Waals surface area (Å²) in [7, 11) is 0. The number of rotatable bonds is 2. The monoisotopic (exact) mass is 174 g/mol. The Kier molecular flexibility index (Phi) is 4.57. The van der Waals surface area contributed by atoms with Gasteiger partial charge in [0.2, 0.25) is 0 Å². The molecule has 0 aliphatic heterocycles. The average molecular weight is 175 g/mol. The van der Waals surface area contributed by atoms with Crippen LogP contribution in [-0.2, 0) is 6.42 Å². The molecule has 0 aliphatic rings. The van der Waals surface area contributed by atoms with Gasteiger partial charge in [0.1, 0.15) is 5.75 Å². The summed E-state index contributed by atoms with van der Waals surface area (Å²) < 4.78 is 0. The van der Waals surface area contributed by atoms with Crippen molar-refractivity contribution in [2.24, 2.45) is 5.73 Å². The summed E-state index contributed by atoms with van der Waals surface area (Å²) in [6.07, 6.45) is 3.87. The first-order valence-electron chi connectivity index (χ1n) is 3.16. The number of halogens is 1. The molecule has 0 radical (unpaired) electrons. The van der Waals surface area contributed by atoms with E-state index in [0.29, 0.717) is 6.54 Å². The van der Waals surface area contributed by atoms with Gasteiger partial charge in [0.25, 0.3) is 0 Å². The van der Waals surface area contributed by atoms with Crippen molar-refractivity contribution in [3.8, 4) is 5.75 Å². The van der Waals surface area contributed by atoms with E-state index >= 15 is 0 Å². The molecule has 0 spiro atoms. The van der Waals surface area contributed by atoms with Gasteiger partial charge in [-0.2, -0.15) is 0 Å². The third-order valence-electron chi connectivity index (χ3n) is 1.21. The van der Waals surface area contributed by atoms with Gasteiger partial charge in [-0.3, -0.25) is 4.98 Å². The van der Waals surface area contributed by atoms with E-state index in [2.05, 4.69) is 4.98 Å². The predicted molar refractivity (Wildman–Crippen MR) is 45.9 cm³/mol. The second-order valence-electron chi connectivity index (χ2n) is 2.09. The number of nitrogens with two attached hydrogens (primary N) is 1. The Bertz CT molecular complexity index is 217. The van der Waals surface area contributed by atoms with Gasteiger partial charge in [-0.15, -0.1) is 12.4 Å². The minimum Gasteiger partial charge on any atom is -0.506 e.